The summed E-state index contributed by atoms with van der Waals surface area (Å²) in [6.45, 7) is 6.89. The van der Waals surface area contributed by atoms with Crippen molar-refractivity contribution in [3.05, 3.63) is 118 Å². The number of benzene rings is 2. The molecule has 0 saturated heterocycles. The maximum atomic E-state index is 12.5. The van der Waals surface area contributed by atoms with Gasteiger partial charge in [-0.3, -0.25) is 4.79 Å². The van der Waals surface area contributed by atoms with Crippen molar-refractivity contribution in [2.75, 3.05) is 6.54 Å². The third kappa shape index (κ3) is 7.65. The number of amides is 1. The van der Waals surface area contributed by atoms with E-state index in [1.54, 1.807) is 18.3 Å². The van der Waals surface area contributed by atoms with Crippen molar-refractivity contribution in [1.82, 2.24) is 20.2 Å². The average Bonchev–Trinajstić information content (AvgIpc) is 3.28. The molecule has 0 aliphatic rings. The highest BCUT2D eigenvalue weighted by Crippen LogP contribution is 2.18. The van der Waals surface area contributed by atoms with E-state index in [1.807, 2.05) is 50.2 Å². The van der Waals surface area contributed by atoms with Gasteiger partial charge in [0.2, 0.25) is 5.91 Å². The van der Waals surface area contributed by atoms with E-state index < -0.39 is 12.1 Å². The van der Waals surface area contributed by atoms with Crippen LogP contribution < -0.4 is 10.6 Å². The Morgan fingerprint density at radius 3 is 2.27 bits per heavy atom. The van der Waals surface area contributed by atoms with Crippen molar-refractivity contribution in [1.29, 1.82) is 0 Å². The van der Waals surface area contributed by atoms with Gasteiger partial charge in [0.25, 0.3) is 0 Å². The summed E-state index contributed by atoms with van der Waals surface area (Å²) in [5.74, 6) is -0.243. The molecule has 0 fully saturated rings. The van der Waals surface area contributed by atoms with Crippen LogP contribution in [0.3, 0.4) is 0 Å². The van der Waals surface area contributed by atoms with Gasteiger partial charge in [0, 0.05) is 42.3 Å². The fraction of sp³-hybridized carbons (Fsp3) is 0.281. The summed E-state index contributed by atoms with van der Waals surface area (Å²) in [5.41, 5.74) is 6.07. The molecule has 0 bridgehead atoms. The number of nitrogens with one attached hydrogen (secondary N) is 2. The third-order valence-corrected chi connectivity index (χ3v) is 6.90. The summed E-state index contributed by atoms with van der Waals surface area (Å²) in [7, 11) is 0. The van der Waals surface area contributed by atoms with E-state index in [-0.39, 0.29) is 23.9 Å². The maximum absolute atomic E-state index is 12.5. The van der Waals surface area contributed by atoms with Gasteiger partial charge in [0.05, 0.1) is 18.1 Å². The molecular weight excluding hydrogens is 504 g/mol. The lowest BCUT2D eigenvalue weighted by Crippen LogP contribution is -2.32. The number of aromatic nitrogens is 2. The minimum absolute atomic E-state index is 0.101. The average molecular weight is 541 g/mol. The van der Waals surface area contributed by atoms with Crippen LogP contribution in [0.15, 0.2) is 79.0 Å². The molecular formula is C32H36N4O4. The SMILES string of the molecule is Cc1ccc(C)n1-c1ccc([C@@H](O)CNC(C)Cc2cccc(CC(=O)NCc3ccc(C(=O)O)cc3)c2)cn1. The minimum atomic E-state index is -0.975. The van der Waals surface area contributed by atoms with Crippen molar-refractivity contribution in [2.45, 2.75) is 52.3 Å². The smallest absolute Gasteiger partial charge is 0.335 e. The van der Waals surface area contributed by atoms with E-state index in [1.165, 1.54) is 12.1 Å². The molecule has 2 aromatic heterocycles. The quantitative estimate of drug-likeness (QED) is 0.213. The van der Waals surface area contributed by atoms with Gasteiger partial charge in [-0.2, -0.15) is 0 Å². The van der Waals surface area contributed by atoms with Crippen LogP contribution in [0, 0.1) is 13.8 Å². The van der Waals surface area contributed by atoms with Crippen LogP contribution in [0.5, 0.6) is 0 Å². The van der Waals surface area contributed by atoms with Gasteiger partial charge in [0.1, 0.15) is 5.82 Å². The minimum Gasteiger partial charge on any atom is -0.478 e. The van der Waals surface area contributed by atoms with Crippen molar-refractivity contribution in [3.8, 4) is 5.82 Å². The molecule has 2 atom stereocenters. The highest BCUT2D eigenvalue weighted by atomic mass is 16.4. The standard InChI is InChI=1S/C32H36N4O4/c1-21(33-20-29(37)28-13-14-30(34-19-28)36-22(2)7-8-23(36)3)15-25-5-4-6-26(16-25)17-31(38)35-18-24-9-11-27(12-10-24)32(39)40/h4-14,16,19,21,29,33,37H,15,17-18,20H2,1-3H3,(H,35,38)(H,39,40)/t21?,29-/m0/s1. The van der Waals surface area contributed by atoms with Gasteiger partial charge in [-0.25, -0.2) is 9.78 Å². The summed E-state index contributed by atoms with van der Waals surface area (Å²) >= 11 is 0. The van der Waals surface area contributed by atoms with Crippen molar-refractivity contribution in [3.63, 3.8) is 0 Å². The number of rotatable bonds is 12. The van der Waals surface area contributed by atoms with Crippen LogP contribution in [0.2, 0.25) is 0 Å². The second-order valence-electron chi connectivity index (χ2n) is 10.2. The Morgan fingerprint density at radius 1 is 0.925 bits per heavy atom. The molecule has 0 spiro atoms. The molecule has 1 unspecified atom stereocenters. The molecule has 2 aromatic carbocycles. The molecule has 208 valence electrons. The molecule has 8 nitrogen and oxygen atoms in total. The van der Waals surface area contributed by atoms with Crippen LogP contribution in [0.1, 0.15) is 57.0 Å². The lowest BCUT2D eigenvalue weighted by atomic mass is 10.0. The first-order valence-electron chi connectivity index (χ1n) is 13.4. The lowest BCUT2D eigenvalue weighted by Gasteiger charge is -2.18. The second-order valence-corrected chi connectivity index (χ2v) is 10.2. The zero-order valence-corrected chi connectivity index (χ0v) is 23.1. The number of aliphatic hydroxyl groups excluding tert-OH is 1. The van der Waals surface area contributed by atoms with Gasteiger partial charge >= 0.3 is 5.97 Å². The predicted octanol–water partition coefficient (Wildman–Crippen LogP) is 4.30. The summed E-state index contributed by atoms with van der Waals surface area (Å²) in [6, 6.07) is 22.5. The predicted molar refractivity (Wildman–Crippen MR) is 155 cm³/mol. The van der Waals surface area contributed by atoms with Crippen molar-refractivity contribution >= 4 is 11.9 Å². The third-order valence-electron chi connectivity index (χ3n) is 6.90. The van der Waals surface area contributed by atoms with Crippen LogP contribution >= 0.6 is 0 Å². The number of aryl methyl sites for hydroxylation is 2. The number of carboxylic acid groups (broad SMARTS) is 1. The zero-order chi connectivity index (χ0) is 28.6. The summed E-state index contributed by atoms with van der Waals surface area (Å²) in [4.78, 5) is 28.0. The Kier molecular flexibility index (Phi) is 9.47. The van der Waals surface area contributed by atoms with E-state index in [0.29, 0.717) is 13.1 Å². The first-order valence-corrected chi connectivity index (χ1v) is 13.4. The molecule has 2 heterocycles. The summed E-state index contributed by atoms with van der Waals surface area (Å²) < 4.78 is 2.08. The van der Waals surface area contributed by atoms with Crippen LogP contribution in [0.4, 0.5) is 0 Å². The number of carbonyl (C=O) groups excluding carboxylic acids is 1. The van der Waals surface area contributed by atoms with E-state index in [4.69, 9.17) is 5.11 Å². The Morgan fingerprint density at radius 2 is 1.62 bits per heavy atom. The van der Waals surface area contributed by atoms with Crippen LogP contribution in [-0.2, 0) is 24.2 Å². The normalized spacial score (nSPS) is 12.6. The highest BCUT2D eigenvalue weighted by Gasteiger charge is 2.13. The first kappa shape index (κ1) is 28.7. The number of hydrogen-bond donors (Lipinski definition) is 4. The van der Waals surface area contributed by atoms with Gasteiger partial charge in [0.15, 0.2) is 0 Å². The van der Waals surface area contributed by atoms with Gasteiger partial charge in [-0.15, -0.1) is 0 Å². The monoisotopic (exact) mass is 540 g/mol. The van der Waals surface area contributed by atoms with Crippen molar-refractivity contribution in [2.24, 2.45) is 0 Å². The molecule has 8 heteroatoms. The number of hydrogen-bond acceptors (Lipinski definition) is 5. The molecule has 0 saturated carbocycles. The molecule has 4 rings (SSSR count). The second kappa shape index (κ2) is 13.2. The van der Waals surface area contributed by atoms with Gasteiger partial charge in [-0.05, 0) is 74.2 Å². The fourth-order valence-corrected chi connectivity index (χ4v) is 4.69. The Balaban J connectivity index is 1.24. The number of aliphatic hydroxyl groups is 1. The van der Waals surface area contributed by atoms with E-state index in [2.05, 4.69) is 39.2 Å². The molecule has 40 heavy (non-hydrogen) atoms. The molecule has 0 radical (unpaired) electrons. The Bertz CT molecular complexity index is 1430. The molecule has 1 amide bonds. The maximum Gasteiger partial charge on any atom is 0.335 e. The number of pyridine rings is 1. The number of carbonyl (C=O) groups is 2. The van der Waals surface area contributed by atoms with E-state index in [9.17, 15) is 14.7 Å². The molecule has 4 N–H and O–H groups in total. The molecule has 4 aromatic rings. The van der Waals surface area contributed by atoms with E-state index in [0.717, 1.165) is 45.9 Å². The Labute approximate surface area is 234 Å². The molecule has 0 aliphatic carbocycles. The van der Waals surface area contributed by atoms with Gasteiger partial charge in [-0.1, -0.05) is 42.5 Å². The topological polar surface area (TPSA) is 116 Å². The zero-order valence-electron chi connectivity index (χ0n) is 23.1. The lowest BCUT2D eigenvalue weighted by molar-refractivity contribution is -0.120. The fourth-order valence-electron chi connectivity index (χ4n) is 4.69. The van der Waals surface area contributed by atoms with Gasteiger partial charge < -0.3 is 25.4 Å². The Hall–Kier alpha value is -4.27. The van der Waals surface area contributed by atoms with Crippen molar-refractivity contribution < 1.29 is 19.8 Å². The highest BCUT2D eigenvalue weighted by molar-refractivity contribution is 5.87. The number of nitrogens with zero attached hydrogens (tertiary/aromatic N) is 2. The largest absolute Gasteiger partial charge is 0.478 e. The number of aromatic carboxylic acids is 1. The van der Waals surface area contributed by atoms with Crippen LogP contribution in [0.25, 0.3) is 5.82 Å². The molecule has 0 aliphatic heterocycles. The summed E-state index contributed by atoms with van der Waals surface area (Å²) in [6.07, 6.45) is 2.06. The first-order chi connectivity index (χ1) is 19.2. The van der Waals surface area contributed by atoms with E-state index >= 15 is 0 Å². The summed E-state index contributed by atoms with van der Waals surface area (Å²) in [5, 5.41) is 26.0. The van der Waals surface area contributed by atoms with Crippen LogP contribution in [-0.4, -0.2) is 44.2 Å². The number of carboxylic acids is 1.